The Bertz CT molecular complexity index is 548. The van der Waals surface area contributed by atoms with Crippen LogP contribution in [0.3, 0.4) is 0 Å². The molecular weight excluding hydrogens is 240 g/mol. The average molecular weight is 258 g/mol. The van der Waals surface area contributed by atoms with E-state index in [1.165, 1.54) is 12.8 Å². The molecule has 0 aliphatic heterocycles. The Morgan fingerprint density at radius 3 is 2.95 bits per heavy atom. The molecule has 3 rings (SSSR count). The van der Waals surface area contributed by atoms with Crippen molar-refractivity contribution in [3.63, 3.8) is 0 Å². The van der Waals surface area contributed by atoms with Gasteiger partial charge in [-0.3, -0.25) is 9.67 Å². The van der Waals surface area contributed by atoms with Gasteiger partial charge in [-0.1, -0.05) is 6.07 Å². The van der Waals surface area contributed by atoms with E-state index in [1.807, 2.05) is 31.4 Å². The summed E-state index contributed by atoms with van der Waals surface area (Å²) in [6.45, 7) is 1.31. The van der Waals surface area contributed by atoms with E-state index in [9.17, 15) is 0 Å². The first kappa shape index (κ1) is 12.2. The summed E-state index contributed by atoms with van der Waals surface area (Å²) in [5.74, 6) is 0.769. The molecule has 1 aliphatic rings. The molecule has 0 radical (unpaired) electrons. The van der Waals surface area contributed by atoms with Gasteiger partial charge in [-0.25, -0.2) is 0 Å². The lowest BCUT2D eigenvalue weighted by molar-refractivity contribution is 0.300. The second kappa shape index (κ2) is 5.40. The first-order valence-electron chi connectivity index (χ1n) is 6.59. The summed E-state index contributed by atoms with van der Waals surface area (Å²) in [5.41, 5.74) is 2.01. The highest BCUT2D eigenvalue weighted by Crippen LogP contribution is 2.19. The maximum absolute atomic E-state index is 5.64. The van der Waals surface area contributed by atoms with E-state index in [4.69, 9.17) is 4.74 Å². The highest BCUT2D eigenvalue weighted by Gasteiger charge is 2.20. The Kier molecular flexibility index (Phi) is 3.46. The minimum atomic E-state index is 0.475. The van der Waals surface area contributed by atoms with Gasteiger partial charge in [0.25, 0.3) is 0 Å². The molecule has 19 heavy (non-hydrogen) atoms. The molecule has 5 nitrogen and oxygen atoms in total. The van der Waals surface area contributed by atoms with Gasteiger partial charge in [-0.05, 0) is 25.0 Å². The predicted octanol–water partition coefficient (Wildman–Crippen LogP) is 1.65. The highest BCUT2D eigenvalue weighted by molar-refractivity contribution is 5.14. The summed E-state index contributed by atoms with van der Waals surface area (Å²) in [6, 6.07) is 6.76. The number of aryl methyl sites for hydroxylation is 1. The maximum atomic E-state index is 5.64. The van der Waals surface area contributed by atoms with Crippen molar-refractivity contribution in [2.45, 2.75) is 32.0 Å². The van der Waals surface area contributed by atoms with Crippen molar-refractivity contribution in [2.75, 3.05) is 0 Å². The van der Waals surface area contributed by atoms with Gasteiger partial charge in [-0.15, -0.1) is 0 Å². The van der Waals surface area contributed by atoms with Crippen molar-refractivity contribution in [2.24, 2.45) is 7.05 Å². The van der Waals surface area contributed by atoms with Gasteiger partial charge in [0.05, 0.1) is 23.8 Å². The molecule has 1 fully saturated rings. The van der Waals surface area contributed by atoms with Crippen LogP contribution in [0.2, 0.25) is 0 Å². The summed E-state index contributed by atoms with van der Waals surface area (Å²) in [6.07, 6.45) is 6.14. The second-order valence-corrected chi connectivity index (χ2v) is 4.91. The number of hydrogen-bond acceptors (Lipinski definition) is 4. The molecule has 1 N–H and O–H groups in total. The monoisotopic (exact) mass is 258 g/mol. The Hall–Kier alpha value is -1.88. The van der Waals surface area contributed by atoms with Gasteiger partial charge in [0, 0.05) is 19.6 Å². The van der Waals surface area contributed by atoms with E-state index in [1.54, 1.807) is 10.9 Å². The summed E-state index contributed by atoms with van der Waals surface area (Å²) in [7, 11) is 1.87. The smallest absolute Gasteiger partial charge is 0.157 e. The largest absolute Gasteiger partial charge is 0.484 e. The molecule has 0 spiro atoms. The fourth-order valence-corrected chi connectivity index (χ4v) is 1.88. The van der Waals surface area contributed by atoms with Crippen molar-refractivity contribution in [3.8, 4) is 5.75 Å². The summed E-state index contributed by atoms with van der Waals surface area (Å²) in [5, 5.41) is 7.52. The minimum absolute atomic E-state index is 0.475. The standard InChI is InChI=1S/C14H18N4O/c1-18-9-14(8-16-18)19-10-13-4-2-3-12(17-13)7-15-11-5-6-11/h2-4,8-9,11,15H,5-7,10H2,1H3. The Morgan fingerprint density at radius 1 is 1.37 bits per heavy atom. The maximum Gasteiger partial charge on any atom is 0.157 e. The molecule has 0 atom stereocenters. The number of nitrogens with one attached hydrogen (secondary N) is 1. The first-order valence-corrected chi connectivity index (χ1v) is 6.59. The van der Waals surface area contributed by atoms with Gasteiger partial charge >= 0.3 is 0 Å². The van der Waals surface area contributed by atoms with Crippen LogP contribution in [0, 0.1) is 0 Å². The van der Waals surface area contributed by atoms with Gasteiger partial charge in [0.1, 0.15) is 6.61 Å². The number of rotatable bonds is 6. The summed E-state index contributed by atoms with van der Waals surface area (Å²) >= 11 is 0. The van der Waals surface area contributed by atoms with E-state index in [-0.39, 0.29) is 0 Å². The average Bonchev–Trinajstić information content (AvgIpc) is 3.16. The van der Waals surface area contributed by atoms with Crippen LogP contribution in [0.1, 0.15) is 24.2 Å². The molecule has 2 heterocycles. The Balaban J connectivity index is 1.55. The quantitative estimate of drug-likeness (QED) is 0.856. The van der Waals surface area contributed by atoms with Gasteiger partial charge < -0.3 is 10.1 Å². The molecule has 2 aromatic heterocycles. The van der Waals surface area contributed by atoms with Crippen molar-refractivity contribution in [3.05, 3.63) is 42.0 Å². The van der Waals surface area contributed by atoms with Crippen LogP contribution in [-0.4, -0.2) is 20.8 Å². The van der Waals surface area contributed by atoms with E-state index in [0.29, 0.717) is 12.6 Å². The SMILES string of the molecule is Cn1cc(OCc2cccc(CNC3CC3)n2)cn1. The van der Waals surface area contributed by atoms with Crippen LogP contribution in [-0.2, 0) is 20.2 Å². The predicted molar refractivity (Wildman–Crippen MR) is 71.6 cm³/mol. The van der Waals surface area contributed by atoms with E-state index in [2.05, 4.69) is 15.4 Å². The number of aromatic nitrogens is 3. The third-order valence-corrected chi connectivity index (χ3v) is 3.08. The summed E-state index contributed by atoms with van der Waals surface area (Å²) < 4.78 is 7.36. The number of ether oxygens (including phenoxy) is 1. The first-order chi connectivity index (χ1) is 9.29. The molecule has 0 unspecified atom stereocenters. The molecule has 0 amide bonds. The van der Waals surface area contributed by atoms with Crippen LogP contribution in [0.15, 0.2) is 30.6 Å². The zero-order valence-corrected chi connectivity index (χ0v) is 11.0. The molecule has 5 heteroatoms. The molecular formula is C14H18N4O. The minimum Gasteiger partial charge on any atom is -0.484 e. The lowest BCUT2D eigenvalue weighted by atomic mass is 10.3. The molecule has 2 aromatic rings. The number of hydrogen-bond donors (Lipinski definition) is 1. The van der Waals surface area contributed by atoms with Crippen LogP contribution in [0.5, 0.6) is 5.75 Å². The van der Waals surface area contributed by atoms with Crippen LogP contribution in [0.4, 0.5) is 0 Å². The molecule has 1 aliphatic carbocycles. The topological polar surface area (TPSA) is 52.0 Å². The molecule has 100 valence electrons. The molecule has 0 bridgehead atoms. The number of nitrogens with zero attached hydrogens (tertiary/aromatic N) is 3. The molecule has 0 saturated heterocycles. The zero-order valence-electron chi connectivity index (χ0n) is 11.0. The van der Waals surface area contributed by atoms with E-state index >= 15 is 0 Å². The van der Waals surface area contributed by atoms with E-state index in [0.717, 1.165) is 23.7 Å². The third-order valence-electron chi connectivity index (χ3n) is 3.08. The van der Waals surface area contributed by atoms with Crippen LogP contribution < -0.4 is 10.1 Å². The molecule has 0 aromatic carbocycles. The lowest BCUT2D eigenvalue weighted by Crippen LogP contribution is -2.16. The van der Waals surface area contributed by atoms with Crippen LogP contribution in [0.25, 0.3) is 0 Å². The van der Waals surface area contributed by atoms with Crippen molar-refractivity contribution < 1.29 is 4.74 Å². The number of pyridine rings is 1. The third kappa shape index (κ3) is 3.54. The Morgan fingerprint density at radius 2 is 2.21 bits per heavy atom. The lowest BCUT2D eigenvalue weighted by Gasteiger charge is -2.06. The van der Waals surface area contributed by atoms with Crippen molar-refractivity contribution in [1.82, 2.24) is 20.1 Å². The highest BCUT2D eigenvalue weighted by atomic mass is 16.5. The van der Waals surface area contributed by atoms with E-state index < -0.39 is 0 Å². The zero-order chi connectivity index (χ0) is 13.1. The Labute approximate surface area is 112 Å². The second-order valence-electron chi connectivity index (χ2n) is 4.91. The summed E-state index contributed by atoms with van der Waals surface area (Å²) in [4.78, 5) is 4.58. The van der Waals surface area contributed by atoms with Crippen molar-refractivity contribution >= 4 is 0 Å². The van der Waals surface area contributed by atoms with Gasteiger partial charge in [-0.2, -0.15) is 5.10 Å². The van der Waals surface area contributed by atoms with Crippen LogP contribution >= 0.6 is 0 Å². The normalized spacial score (nSPS) is 14.6. The van der Waals surface area contributed by atoms with Crippen molar-refractivity contribution in [1.29, 1.82) is 0 Å². The fraction of sp³-hybridized carbons (Fsp3) is 0.429. The van der Waals surface area contributed by atoms with Gasteiger partial charge in [0.2, 0.25) is 0 Å². The van der Waals surface area contributed by atoms with Gasteiger partial charge in [0.15, 0.2) is 5.75 Å². The molecule has 1 saturated carbocycles. The fourth-order valence-electron chi connectivity index (χ4n) is 1.88.